The lowest BCUT2D eigenvalue weighted by Crippen LogP contribution is -2.27. The second kappa shape index (κ2) is 5.53. The van der Waals surface area contributed by atoms with Gasteiger partial charge in [0.2, 0.25) is 0 Å². The molecule has 3 nitrogen and oxygen atoms in total. The highest BCUT2D eigenvalue weighted by Gasteiger charge is 2.38. The zero-order valence-electron chi connectivity index (χ0n) is 9.82. The predicted molar refractivity (Wildman–Crippen MR) is 73.6 cm³/mol. The number of carbonyl (C=O) groups excluding carboxylic acids is 2. The van der Waals surface area contributed by atoms with Crippen molar-refractivity contribution in [2.24, 2.45) is 5.92 Å². The van der Waals surface area contributed by atoms with Crippen molar-refractivity contribution in [2.45, 2.75) is 13.0 Å². The summed E-state index contributed by atoms with van der Waals surface area (Å²) >= 11 is 17.3. The minimum atomic E-state index is -0.829. The first-order valence-corrected chi connectivity index (χ1v) is 6.61. The van der Waals surface area contributed by atoms with Crippen LogP contribution in [0.15, 0.2) is 34.3 Å². The van der Waals surface area contributed by atoms with E-state index < -0.39 is 18.0 Å². The van der Waals surface area contributed by atoms with Crippen LogP contribution in [-0.2, 0) is 9.53 Å². The molecule has 2 rings (SSSR count). The van der Waals surface area contributed by atoms with E-state index in [0.29, 0.717) is 10.6 Å². The molecular weight excluding hydrogens is 310 g/mol. The highest BCUT2D eigenvalue weighted by molar-refractivity contribution is 6.48. The van der Waals surface area contributed by atoms with E-state index in [0.717, 1.165) is 0 Å². The molecule has 1 aliphatic heterocycles. The van der Waals surface area contributed by atoms with E-state index >= 15 is 0 Å². The molecule has 0 aromatic heterocycles. The Bertz CT molecular complexity index is 563. The van der Waals surface area contributed by atoms with E-state index in [9.17, 15) is 9.59 Å². The minimum absolute atomic E-state index is 0.0708. The van der Waals surface area contributed by atoms with Crippen LogP contribution in [0.4, 0.5) is 0 Å². The highest BCUT2D eigenvalue weighted by Crippen LogP contribution is 2.34. The zero-order valence-corrected chi connectivity index (χ0v) is 12.1. The normalized spacial score (nSPS) is 20.4. The molecular formula is C13H9Cl3O3. The Balaban J connectivity index is 2.21. The van der Waals surface area contributed by atoms with Crippen LogP contribution in [0.25, 0.3) is 0 Å². The van der Waals surface area contributed by atoms with Crippen LogP contribution in [0, 0.1) is 5.92 Å². The molecule has 1 aliphatic rings. The van der Waals surface area contributed by atoms with Crippen LogP contribution in [-0.4, -0.2) is 17.9 Å². The third-order valence-corrected chi connectivity index (χ3v) is 3.98. The summed E-state index contributed by atoms with van der Waals surface area (Å²) in [6.07, 6.45) is -0.829. The van der Waals surface area contributed by atoms with Gasteiger partial charge in [0.15, 0.2) is 5.78 Å². The summed E-state index contributed by atoms with van der Waals surface area (Å²) in [6, 6.07) is 6.45. The molecule has 19 heavy (non-hydrogen) atoms. The molecule has 0 fully saturated rings. The maximum Gasteiger partial charge on any atom is 0.351 e. The SMILES string of the molecule is C[C@H](C(=O)c1ccc(Cl)cc1)[C@H]1OC(=O)C(Cl)=C1Cl. The zero-order chi connectivity index (χ0) is 14.2. The van der Waals surface area contributed by atoms with Crippen molar-refractivity contribution < 1.29 is 14.3 Å². The number of benzene rings is 1. The number of halogens is 3. The summed E-state index contributed by atoms with van der Waals surface area (Å²) < 4.78 is 4.99. The molecule has 0 amide bonds. The number of hydrogen-bond donors (Lipinski definition) is 0. The summed E-state index contributed by atoms with van der Waals surface area (Å²) in [6.45, 7) is 1.63. The van der Waals surface area contributed by atoms with Crippen molar-refractivity contribution in [3.8, 4) is 0 Å². The van der Waals surface area contributed by atoms with Crippen molar-refractivity contribution in [1.82, 2.24) is 0 Å². The molecule has 0 bridgehead atoms. The van der Waals surface area contributed by atoms with Gasteiger partial charge >= 0.3 is 5.97 Å². The lowest BCUT2D eigenvalue weighted by molar-refractivity contribution is -0.140. The van der Waals surface area contributed by atoms with Crippen molar-refractivity contribution in [3.63, 3.8) is 0 Å². The van der Waals surface area contributed by atoms with Gasteiger partial charge in [-0.2, -0.15) is 0 Å². The maximum atomic E-state index is 12.2. The van der Waals surface area contributed by atoms with Crippen LogP contribution in [0.5, 0.6) is 0 Å². The van der Waals surface area contributed by atoms with Gasteiger partial charge in [-0.3, -0.25) is 4.79 Å². The van der Waals surface area contributed by atoms with Gasteiger partial charge in [0, 0.05) is 10.6 Å². The number of carbonyl (C=O) groups is 2. The Morgan fingerprint density at radius 3 is 2.26 bits per heavy atom. The van der Waals surface area contributed by atoms with Gasteiger partial charge in [-0.25, -0.2) is 4.79 Å². The molecule has 0 unspecified atom stereocenters. The largest absolute Gasteiger partial charge is 0.451 e. The van der Waals surface area contributed by atoms with Crippen LogP contribution in [0.2, 0.25) is 5.02 Å². The fourth-order valence-electron chi connectivity index (χ4n) is 1.78. The monoisotopic (exact) mass is 318 g/mol. The Morgan fingerprint density at radius 1 is 1.21 bits per heavy atom. The molecule has 0 saturated carbocycles. The van der Waals surface area contributed by atoms with Crippen LogP contribution < -0.4 is 0 Å². The number of ether oxygens (including phenoxy) is 1. The van der Waals surface area contributed by atoms with E-state index in [1.807, 2.05) is 0 Å². The number of Topliss-reactive ketones (excluding diaryl/α,β-unsaturated/α-hetero) is 1. The number of rotatable bonds is 3. The van der Waals surface area contributed by atoms with E-state index in [1.165, 1.54) is 0 Å². The first-order valence-electron chi connectivity index (χ1n) is 5.47. The van der Waals surface area contributed by atoms with E-state index in [-0.39, 0.29) is 15.8 Å². The van der Waals surface area contributed by atoms with Crippen molar-refractivity contribution in [3.05, 3.63) is 44.9 Å². The first-order chi connectivity index (χ1) is 8.91. The number of cyclic esters (lactones) is 1. The Kier molecular flexibility index (Phi) is 4.19. The Morgan fingerprint density at radius 2 is 1.79 bits per heavy atom. The van der Waals surface area contributed by atoms with Gasteiger partial charge < -0.3 is 4.74 Å². The second-order valence-electron chi connectivity index (χ2n) is 4.15. The standard InChI is InChI=1S/C13H9Cl3O3/c1-6(12-9(15)10(16)13(18)19-12)11(17)7-2-4-8(14)5-3-7/h2-6,12H,1H3/t6-,12-/m1/s1. The number of ketones is 1. The van der Waals surface area contributed by atoms with Gasteiger partial charge in [-0.05, 0) is 24.3 Å². The van der Waals surface area contributed by atoms with Crippen molar-refractivity contribution >= 4 is 46.6 Å². The molecule has 1 aromatic carbocycles. The topological polar surface area (TPSA) is 43.4 Å². The first kappa shape index (κ1) is 14.4. The van der Waals surface area contributed by atoms with Gasteiger partial charge in [0.25, 0.3) is 0 Å². The molecule has 1 aromatic rings. The van der Waals surface area contributed by atoms with Gasteiger partial charge in [0.1, 0.15) is 11.1 Å². The van der Waals surface area contributed by atoms with Crippen molar-refractivity contribution in [1.29, 1.82) is 0 Å². The lowest BCUT2D eigenvalue weighted by Gasteiger charge is -2.17. The quantitative estimate of drug-likeness (QED) is 0.629. The molecule has 0 saturated heterocycles. The minimum Gasteiger partial charge on any atom is -0.451 e. The summed E-state index contributed by atoms with van der Waals surface area (Å²) in [5, 5.41) is 0.446. The lowest BCUT2D eigenvalue weighted by atomic mass is 9.94. The van der Waals surface area contributed by atoms with Gasteiger partial charge in [0.05, 0.1) is 11.0 Å². The van der Waals surface area contributed by atoms with E-state index in [4.69, 9.17) is 39.5 Å². The summed E-state index contributed by atoms with van der Waals surface area (Å²) in [5.41, 5.74) is 0.473. The molecule has 6 heteroatoms. The average Bonchev–Trinajstić information content (AvgIpc) is 2.66. The van der Waals surface area contributed by atoms with E-state index in [1.54, 1.807) is 31.2 Å². The number of hydrogen-bond acceptors (Lipinski definition) is 3. The van der Waals surface area contributed by atoms with Crippen LogP contribution in [0.1, 0.15) is 17.3 Å². The molecule has 2 atom stereocenters. The second-order valence-corrected chi connectivity index (χ2v) is 5.37. The van der Waals surface area contributed by atoms with E-state index in [2.05, 4.69) is 0 Å². The fourth-order valence-corrected chi connectivity index (χ4v) is 2.37. The molecule has 0 N–H and O–H groups in total. The molecule has 1 heterocycles. The molecule has 100 valence electrons. The summed E-state index contributed by atoms with van der Waals surface area (Å²) in [5.74, 6) is -1.51. The average molecular weight is 320 g/mol. The number of esters is 1. The van der Waals surface area contributed by atoms with Crippen LogP contribution >= 0.6 is 34.8 Å². The van der Waals surface area contributed by atoms with Gasteiger partial charge in [-0.15, -0.1) is 0 Å². The third kappa shape index (κ3) is 2.78. The molecule has 0 radical (unpaired) electrons. The van der Waals surface area contributed by atoms with Crippen molar-refractivity contribution in [2.75, 3.05) is 0 Å². The Hall–Kier alpha value is -1.03. The fraction of sp³-hybridized carbons (Fsp3) is 0.231. The summed E-state index contributed by atoms with van der Waals surface area (Å²) in [7, 11) is 0. The Labute approximate surface area is 125 Å². The highest BCUT2D eigenvalue weighted by atomic mass is 35.5. The maximum absolute atomic E-state index is 12.2. The summed E-state index contributed by atoms with van der Waals surface area (Å²) in [4.78, 5) is 23.5. The van der Waals surface area contributed by atoms with Crippen LogP contribution in [0.3, 0.4) is 0 Å². The smallest absolute Gasteiger partial charge is 0.351 e. The predicted octanol–water partition coefficient (Wildman–Crippen LogP) is 3.77. The molecule has 0 spiro atoms. The van der Waals surface area contributed by atoms with Gasteiger partial charge in [-0.1, -0.05) is 41.7 Å². The third-order valence-electron chi connectivity index (χ3n) is 2.87. The molecule has 0 aliphatic carbocycles.